The number of rotatable bonds is 15. The fraction of sp³-hybridized carbons (Fsp3) is 0.582. The van der Waals surface area contributed by atoms with Crippen LogP contribution < -0.4 is 42.2 Å². The molecule has 8 N–H and O–H groups in total. The Kier molecular flexibility index (Phi) is 17.3. The van der Waals surface area contributed by atoms with E-state index in [1.54, 1.807) is 39.1 Å². The molecule has 12 rings (SSSR count). The third kappa shape index (κ3) is 12.2. The number of carbonyl (C=O) groups excluding carboxylic acids is 4. The molecule has 6 saturated carbocycles. The summed E-state index contributed by atoms with van der Waals surface area (Å²) >= 11 is 0. The third-order valence-electron chi connectivity index (χ3n) is 20.3. The molecule has 4 amide bonds. The molecule has 4 atom stereocenters. The Morgan fingerprint density at radius 1 is 0.610 bits per heavy atom. The van der Waals surface area contributed by atoms with Crippen molar-refractivity contribution in [2.24, 2.45) is 17.4 Å². The van der Waals surface area contributed by atoms with Crippen LogP contribution in [0.15, 0.2) is 72.8 Å². The molecule has 82 heavy (non-hydrogen) atoms. The lowest BCUT2D eigenvalue weighted by Gasteiger charge is -2.38. The van der Waals surface area contributed by atoms with E-state index in [1.807, 2.05) is 62.4 Å². The minimum atomic E-state index is -1.87. The normalized spacial score (nSPS) is 24.6. The molecule has 2 aliphatic heterocycles. The van der Waals surface area contributed by atoms with Gasteiger partial charge in [-0.3, -0.25) is 19.2 Å². The van der Waals surface area contributed by atoms with Gasteiger partial charge in [-0.15, -0.1) is 0 Å². The Balaban J connectivity index is 0.000000158. The molecule has 0 aromatic heterocycles. The Morgan fingerprint density at radius 2 is 1.12 bits per heavy atom. The standard InChI is InChI=1S/C33H41F2N3O3.C25H30FNO2.C9H16N2O/c1-31(2,29(36)39)21-10-13-27(25(16-21)24-8-4-9-26(34)28(24)20-6-3-7-20)41-23-12-11-22(17-23)38-30(40)33(35)18-32(37-19-33)14-5-15-32;1-25(2,24(27)28)17-13-14-22(29-18-9-3-4-10-18)20(15-17)19-11-6-12-21(26)23(19)16-7-5-8-16;1-10-8(12)7-5-9(11-6-7)3-2-4-9/h4,8-10,13,16,20,22-23,37H,3,5-7,11-12,14-15,17-19H2,1-2H3,(H2,36,39)(H,38,40);6,11-16,18H,3-5,7-10H2,1-2H3,(H2,27,28);7,11H,2-6H2,1H3,(H,10,12)/t22-,23-,33+;;7-/m1.0/s1. The number of halogens is 3. The highest BCUT2D eigenvalue weighted by atomic mass is 19.1. The van der Waals surface area contributed by atoms with Crippen molar-refractivity contribution < 1.29 is 41.8 Å². The van der Waals surface area contributed by atoms with Gasteiger partial charge < -0.3 is 42.2 Å². The van der Waals surface area contributed by atoms with Crippen molar-refractivity contribution >= 4 is 23.6 Å². The lowest BCUT2D eigenvalue weighted by molar-refractivity contribution is -0.133. The van der Waals surface area contributed by atoms with Crippen LogP contribution in [0.5, 0.6) is 11.5 Å². The van der Waals surface area contributed by atoms with Crippen molar-refractivity contribution in [2.45, 2.75) is 220 Å². The first-order valence-electron chi connectivity index (χ1n) is 30.6. The molecule has 6 aliphatic carbocycles. The van der Waals surface area contributed by atoms with Crippen molar-refractivity contribution in [1.29, 1.82) is 0 Å². The number of ether oxygens (including phenoxy) is 2. The highest BCUT2D eigenvalue weighted by molar-refractivity contribution is 5.88. The summed E-state index contributed by atoms with van der Waals surface area (Å²) < 4.78 is 58.6. The second kappa shape index (κ2) is 24.0. The zero-order valence-electron chi connectivity index (χ0n) is 48.9. The lowest BCUT2D eigenvalue weighted by atomic mass is 9.74. The molecule has 12 nitrogen and oxygen atoms in total. The van der Waals surface area contributed by atoms with Crippen LogP contribution in [0, 0.1) is 17.6 Å². The van der Waals surface area contributed by atoms with Gasteiger partial charge in [0.1, 0.15) is 29.2 Å². The van der Waals surface area contributed by atoms with E-state index in [9.17, 15) is 23.6 Å². The first kappa shape index (κ1) is 59.2. The van der Waals surface area contributed by atoms with E-state index in [0.29, 0.717) is 36.1 Å². The topological polar surface area (TPSA) is 187 Å². The third-order valence-corrected chi connectivity index (χ3v) is 20.3. The molecule has 8 aliphatic rings. The quantitative estimate of drug-likeness (QED) is 0.0679. The van der Waals surface area contributed by atoms with Crippen molar-refractivity contribution in [3.63, 3.8) is 0 Å². The summed E-state index contributed by atoms with van der Waals surface area (Å²) in [5.41, 5.74) is 14.2. The van der Waals surface area contributed by atoms with Crippen molar-refractivity contribution in [3.8, 4) is 33.8 Å². The van der Waals surface area contributed by atoms with E-state index in [-0.39, 0.29) is 78.0 Å². The van der Waals surface area contributed by atoms with E-state index in [2.05, 4.69) is 21.3 Å². The van der Waals surface area contributed by atoms with Crippen molar-refractivity contribution in [1.82, 2.24) is 21.3 Å². The molecular weight excluding hydrogens is 1040 g/mol. The van der Waals surface area contributed by atoms with Gasteiger partial charge >= 0.3 is 0 Å². The molecule has 442 valence electrons. The zero-order valence-corrected chi connectivity index (χ0v) is 48.9. The fourth-order valence-electron chi connectivity index (χ4n) is 13.8. The summed E-state index contributed by atoms with van der Waals surface area (Å²) in [6, 6.07) is 21.7. The van der Waals surface area contributed by atoms with Gasteiger partial charge in [-0.25, -0.2) is 13.2 Å². The molecule has 8 fully saturated rings. The Morgan fingerprint density at radius 3 is 1.55 bits per heavy atom. The molecule has 0 radical (unpaired) electrons. The van der Waals surface area contributed by atoms with E-state index in [1.165, 1.54) is 38.2 Å². The van der Waals surface area contributed by atoms with Gasteiger partial charge in [0.05, 0.1) is 22.9 Å². The van der Waals surface area contributed by atoms with Gasteiger partial charge in [0.15, 0.2) is 0 Å². The van der Waals surface area contributed by atoms with Crippen LogP contribution in [0.4, 0.5) is 13.2 Å². The van der Waals surface area contributed by atoms with Gasteiger partial charge in [0.25, 0.3) is 5.91 Å². The molecule has 4 aromatic carbocycles. The minimum Gasteiger partial charge on any atom is -0.490 e. The summed E-state index contributed by atoms with van der Waals surface area (Å²) in [5, 5.41) is 12.4. The number of carbonyl (C=O) groups is 4. The van der Waals surface area contributed by atoms with Crippen LogP contribution in [0.25, 0.3) is 22.3 Å². The smallest absolute Gasteiger partial charge is 0.259 e. The molecule has 2 spiro atoms. The van der Waals surface area contributed by atoms with Gasteiger partial charge in [-0.1, -0.05) is 49.2 Å². The first-order chi connectivity index (χ1) is 39.1. The SMILES string of the molecule is CC(C)(C(N)=O)c1ccc(OC2CCCC2)c(-c2cccc(F)c2C2CCC2)c1.CC(C)(C(N)=O)c1ccc(O[C@@H]2CC[C@@H](NC(=O)[C@@]3(F)CNC4(CCC4)C3)C2)c(-c2cccc(F)c2C2CCC2)c1.CNC(=O)[C@@H]1CNC2(CCC2)C1. The number of primary amides is 2. The highest BCUT2D eigenvalue weighted by Crippen LogP contribution is 2.49. The number of hydrogen-bond donors (Lipinski definition) is 6. The molecule has 0 bridgehead atoms. The minimum absolute atomic E-state index is 0.0693. The maximum absolute atomic E-state index is 15.6. The van der Waals surface area contributed by atoms with Crippen LogP contribution in [-0.2, 0) is 30.0 Å². The largest absolute Gasteiger partial charge is 0.490 e. The van der Waals surface area contributed by atoms with E-state index in [4.69, 9.17) is 20.9 Å². The van der Waals surface area contributed by atoms with Crippen LogP contribution in [0.2, 0.25) is 0 Å². The number of nitrogens with two attached hydrogens (primary N) is 2. The number of nitrogens with one attached hydrogen (secondary N) is 4. The monoisotopic (exact) mass is 1130 g/mol. The van der Waals surface area contributed by atoms with Gasteiger partial charge in [-0.05, 0) is 218 Å². The average molecular weight is 1130 g/mol. The molecule has 0 unspecified atom stereocenters. The maximum Gasteiger partial charge on any atom is 0.259 e. The van der Waals surface area contributed by atoms with Crippen LogP contribution in [0.1, 0.15) is 197 Å². The Bertz CT molecular complexity index is 3020. The summed E-state index contributed by atoms with van der Waals surface area (Å²) in [5.74, 6) is 0.448. The zero-order chi connectivity index (χ0) is 58.2. The van der Waals surface area contributed by atoms with Crippen LogP contribution in [0.3, 0.4) is 0 Å². The number of hydrogen-bond acceptors (Lipinski definition) is 8. The lowest BCUT2D eigenvalue weighted by Crippen LogP contribution is -2.49. The molecule has 2 heterocycles. The fourth-order valence-corrected chi connectivity index (χ4v) is 13.8. The van der Waals surface area contributed by atoms with E-state index in [0.717, 1.165) is 128 Å². The number of amides is 4. The summed E-state index contributed by atoms with van der Waals surface area (Å²) in [4.78, 5) is 48.6. The molecule has 2 saturated heterocycles. The molecule has 4 aromatic rings. The van der Waals surface area contributed by atoms with Gasteiger partial charge in [0.2, 0.25) is 23.4 Å². The first-order valence-corrected chi connectivity index (χ1v) is 30.6. The second-order valence-electron chi connectivity index (χ2n) is 26.5. The Labute approximate surface area is 483 Å². The highest BCUT2D eigenvalue weighted by Gasteiger charge is 2.56. The summed E-state index contributed by atoms with van der Waals surface area (Å²) in [7, 11) is 1.72. The van der Waals surface area contributed by atoms with Gasteiger partial charge in [0, 0.05) is 61.2 Å². The predicted molar refractivity (Wildman–Crippen MR) is 314 cm³/mol. The van der Waals surface area contributed by atoms with Gasteiger partial charge in [-0.2, -0.15) is 0 Å². The van der Waals surface area contributed by atoms with E-state index >= 15 is 8.78 Å². The van der Waals surface area contributed by atoms with Crippen LogP contribution >= 0.6 is 0 Å². The summed E-state index contributed by atoms with van der Waals surface area (Å²) in [6.07, 6.45) is 20.6. The Hall–Kier alpha value is -5.93. The molecular formula is C67H87F3N6O6. The average Bonchev–Trinajstić information content (AvgIpc) is 3.76. The summed E-state index contributed by atoms with van der Waals surface area (Å²) in [6.45, 7) is 8.15. The van der Waals surface area contributed by atoms with E-state index < -0.39 is 28.3 Å². The number of alkyl halides is 1. The van der Waals surface area contributed by atoms with Crippen molar-refractivity contribution in [2.75, 3.05) is 20.1 Å². The molecule has 15 heteroatoms. The van der Waals surface area contributed by atoms with Crippen LogP contribution in [-0.4, -0.2) is 78.8 Å². The second-order valence-corrected chi connectivity index (χ2v) is 26.5. The maximum atomic E-state index is 15.6. The number of benzene rings is 4. The van der Waals surface area contributed by atoms with Crippen molar-refractivity contribution in [3.05, 3.63) is 107 Å². The predicted octanol–water partition coefficient (Wildman–Crippen LogP) is 11.7.